The highest BCUT2D eigenvalue weighted by atomic mass is 19.4. The monoisotopic (exact) mass is 453 g/mol. The second-order valence-corrected chi connectivity index (χ2v) is 7.97. The van der Waals surface area contributed by atoms with E-state index < -0.39 is 17.7 Å². The Balaban J connectivity index is 1.68. The maximum absolute atomic E-state index is 13.5. The van der Waals surface area contributed by atoms with Gasteiger partial charge in [-0.2, -0.15) is 13.2 Å². The molecule has 170 valence electrons. The predicted molar refractivity (Wildman–Crippen MR) is 119 cm³/mol. The van der Waals surface area contributed by atoms with Crippen molar-refractivity contribution < 1.29 is 27.8 Å². The second-order valence-electron chi connectivity index (χ2n) is 7.97. The molecule has 4 rings (SSSR count). The average molecular weight is 453 g/mol. The molecule has 0 saturated heterocycles. The number of carbonyl (C=O) groups is 1. The number of nitrogens with zero attached hydrogens (tertiary/aromatic N) is 1. The molecule has 1 heterocycles. The lowest BCUT2D eigenvalue weighted by Crippen LogP contribution is -2.11. The quantitative estimate of drug-likeness (QED) is 0.447. The van der Waals surface area contributed by atoms with E-state index in [1.54, 1.807) is 37.3 Å². The normalized spacial score (nSPS) is 13.9. The average Bonchev–Trinajstić information content (AvgIpc) is 3.27. The fraction of sp³-hybridized carbons (Fsp3) is 0.231. The number of para-hydroxylation sites is 1. The van der Waals surface area contributed by atoms with Crippen LogP contribution in [0.3, 0.4) is 0 Å². The highest BCUT2D eigenvalue weighted by Gasteiger charge is 2.33. The van der Waals surface area contributed by atoms with E-state index in [2.05, 4.69) is 4.98 Å². The van der Waals surface area contributed by atoms with Gasteiger partial charge in [0.05, 0.1) is 11.3 Å². The van der Waals surface area contributed by atoms with Crippen molar-refractivity contribution in [2.75, 3.05) is 0 Å². The van der Waals surface area contributed by atoms with Crippen LogP contribution in [0.25, 0.3) is 11.1 Å². The summed E-state index contributed by atoms with van der Waals surface area (Å²) in [7, 11) is 0. The lowest BCUT2D eigenvalue weighted by Gasteiger charge is -2.17. The highest BCUT2D eigenvalue weighted by Crippen LogP contribution is 2.42. The van der Waals surface area contributed by atoms with Crippen LogP contribution in [0.4, 0.5) is 13.2 Å². The maximum Gasteiger partial charge on any atom is 0.416 e. The molecular formula is C26H22F3NO3. The first-order chi connectivity index (χ1) is 15.7. The lowest BCUT2D eigenvalue weighted by molar-refractivity contribution is -0.138. The Morgan fingerprint density at radius 2 is 1.79 bits per heavy atom. The number of hydrogen-bond acceptors (Lipinski definition) is 3. The number of ether oxygens (including phenoxy) is 1. The first kappa shape index (κ1) is 22.6. The molecule has 1 aliphatic rings. The van der Waals surface area contributed by atoms with E-state index in [0.717, 1.165) is 42.0 Å². The summed E-state index contributed by atoms with van der Waals surface area (Å²) in [6, 6.07) is 16.3. The number of halogens is 3. The number of aryl methyl sites for hydroxylation is 1. The van der Waals surface area contributed by atoms with Crippen LogP contribution in [0, 0.1) is 6.92 Å². The summed E-state index contributed by atoms with van der Waals surface area (Å²) < 4.78 is 46.4. The van der Waals surface area contributed by atoms with Gasteiger partial charge in [-0.3, -0.25) is 0 Å². The zero-order chi connectivity index (χ0) is 23.6. The second kappa shape index (κ2) is 9.10. The van der Waals surface area contributed by atoms with Gasteiger partial charge in [0.25, 0.3) is 0 Å². The number of pyridine rings is 1. The third-order valence-corrected chi connectivity index (χ3v) is 5.66. The third kappa shape index (κ3) is 4.92. The number of hydrogen-bond donors (Lipinski definition) is 1. The minimum atomic E-state index is -4.47. The number of carboxylic acid groups (broad SMARTS) is 1. The Labute approximate surface area is 189 Å². The minimum Gasteiger partial charge on any atom is -0.488 e. The van der Waals surface area contributed by atoms with Crippen LogP contribution in [0.15, 0.2) is 60.7 Å². The highest BCUT2D eigenvalue weighted by molar-refractivity contribution is 5.94. The molecule has 1 aromatic heterocycles. The summed E-state index contributed by atoms with van der Waals surface area (Å²) in [6.07, 6.45) is -2.12. The topological polar surface area (TPSA) is 59.4 Å². The Bertz CT molecular complexity index is 1230. The smallest absolute Gasteiger partial charge is 0.416 e. The van der Waals surface area contributed by atoms with Gasteiger partial charge in [-0.05, 0) is 61.6 Å². The Morgan fingerprint density at radius 1 is 1.03 bits per heavy atom. The van der Waals surface area contributed by atoms with Gasteiger partial charge < -0.3 is 9.84 Å². The van der Waals surface area contributed by atoms with E-state index in [9.17, 15) is 23.1 Å². The maximum atomic E-state index is 13.5. The van der Waals surface area contributed by atoms with E-state index in [-0.39, 0.29) is 17.9 Å². The first-order valence-electron chi connectivity index (χ1n) is 10.6. The molecule has 1 aliphatic carbocycles. The molecule has 2 aromatic carbocycles. The molecule has 7 heteroatoms. The molecule has 0 spiro atoms. The van der Waals surface area contributed by atoms with E-state index in [4.69, 9.17) is 4.74 Å². The van der Waals surface area contributed by atoms with Gasteiger partial charge >= 0.3 is 12.1 Å². The van der Waals surface area contributed by atoms with Crippen LogP contribution in [0.2, 0.25) is 0 Å². The summed E-state index contributed by atoms with van der Waals surface area (Å²) >= 11 is 0. The Hall–Kier alpha value is -3.61. The van der Waals surface area contributed by atoms with E-state index in [1.165, 1.54) is 12.1 Å². The van der Waals surface area contributed by atoms with Crippen LogP contribution in [-0.4, -0.2) is 16.1 Å². The van der Waals surface area contributed by atoms with Crippen LogP contribution < -0.4 is 4.74 Å². The van der Waals surface area contributed by atoms with E-state index in [1.807, 2.05) is 12.1 Å². The molecule has 0 unspecified atom stereocenters. The molecule has 4 nitrogen and oxygen atoms in total. The van der Waals surface area contributed by atoms with Crippen molar-refractivity contribution in [1.29, 1.82) is 0 Å². The summed E-state index contributed by atoms with van der Waals surface area (Å²) in [5.74, 6) is -0.616. The van der Waals surface area contributed by atoms with Crippen LogP contribution in [0.5, 0.6) is 5.75 Å². The fourth-order valence-electron chi connectivity index (χ4n) is 4.12. The van der Waals surface area contributed by atoms with E-state index in [0.29, 0.717) is 17.0 Å². The largest absolute Gasteiger partial charge is 0.488 e. The first-order valence-corrected chi connectivity index (χ1v) is 10.6. The number of aromatic carboxylic acids is 1. The van der Waals surface area contributed by atoms with Gasteiger partial charge in [0.15, 0.2) is 0 Å². The number of allylic oxidation sites excluding steroid dienone is 2. The summed E-state index contributed by atoms with van der Waals surface area (Å²) in [6.45, 7) is 1.40. The SMILES string of the molecule is Cc1ccc(COc2ccccc2C2=C(c3cccc(C(=O)O)n3)CCC2)c(C(F)(F)F)c1. The molecule has 0 atom stereocenters. The van der Waals surface area contributed by atoms with Crippen molar-refractivity contribution in [3.8, 4) is 5.75 Å². The molecule has 0 saturated carbocycles. The zero-order valence-electron chi connectivity index (χ0n) is 17.9. The number of carboxylic acids is 1. The van der Waals surface area contributed by atoms with Gasteiger partial charge in [-0.1, -0.05) is 42.0 Å². The number of aromatic nitrogens is 1. The van der Waals surface area contributed by atoms with Gasteiger partial charge in [0, 0.05) is 11.1 Å². The molecule has 1 N–H and O–H groups in total. The lowest BCUT2D eigenvalue weighted by atomic mass is 9.98. The standard InChI is InChI=1S/C26H22F3NO3/c1-16-12-13-17(21(14-16)26(27,28)29)15-33-24-11-3-2-6-20(24)18-7-4-8-19(18)22-9-5-10-23(30-22)25(31)32/h2-3,5-6,9-14H,4,7-8,15H2,1H3,(H,31,32). The fourth-order valence-corrected chi connectivity index (χ4v) is 4.12. The third-order valence-electron chi connectivity index (χ3n) is 5.66. The van der Waals surface area contributed by atoms with E-state index >= 15 is 0 Å². The summed E-state index contributed by atoms with van der Waals surface area (Å²) in [5.41, 5.74) is 3.15. The van der Waals surface area contributed by atoms with Gasteiger partial charge in [0.1, 0.15) is 18.1 Å². The van der Waals surface area contributed by atoms with Crippen molar-refractivity contribution in [2.24, 2.45) is 0 Å². The number of rotatable bonds is 6. The van der Waals surface area contributed by atoms with Crippen molar-refractivity contribution in [3.05, 3.63) is 94.3 Å². The van der Waals surface area contributed by atoms with Crippen molar-refractivity contribution >= 4 is 17.1 Å². The zero-order valence-corrected chi connectivity index (χ0v) is 17.9. The van der Waals surface area contributed by atoms with Crippen molar-refractivity contribution in [2.45, 2.75) is 39.0 Å². The molecule has 0 aliphatic heterocycles. The van der Waals surface area contributed by atoms with Crippen LogP contribution in [0.1, 0.15) is 57.7 Å². The molecule has 0 radical (unpaired) electrons. The Morgan fingerprint density at radius 3 is 2.55 bits per heavy atom. The summed E-state index contributed by atoms with van der Waals surface area (Å²) in [5, 5.41) is 9.28. The van der Waals surface area contributed by atoms with Crippen molar-refractivity contribution in [3.63, 3.8) is 0 Å². The number of alkyl halides is 3. The summed E-state index contributed by atoms with van der Waals surface area (Å²) in [4.78, 5) is 15.6. The molecule has 0 bridgehead atoms. The van der Waals surface area contributed by atoms with Gasteiger partial charge in [0.2, 0.25) is 0 Å². The molecular weight excluding hydrogens is 431 g/mol. The molecule has 3 aromatic rings. The number of benzene rings is 2. The Kier molecular flexibility index (Phi) is 6.22. The van der Waals surface area contributed by atoms with Gasteiger partial charge in [-0.25, -0.2) is 9.78 Å². The van der Waals surface area contributed by atoms with Crippen molar-refractivity contribution in [1.82, 2.24) is 4.98 Å². The van der Waals surface area contributed by atoms with Gasteiger partial charge in [-0.15, -0.1) is 0 Å². The molecule has 0 fully saturated rings. The molecule has 0 amide bonds. The van der Waals surface area contributed by atoms with Crippen LogP contribution >= 0.6 is 0 Å². The molecule has 33 heavy (non-hydrogen) atoms. The predicted octanol–water partition coefficient (Wildman–Crippen LogP) is 6.78. The van der Waals surface area contributed by atoms with Crippen LogP contribution in [-0.2, 0) is 12.8 Å². The minimum absolute atomic E-state index is 0.0326.